The number of nitrogens with zero attached hydrogens (tertiary/aromatic N) is 1. The average molecular weight is 288 g/mol. The van der Waals surface area contributed by atoms with Crippen molar-refractivity contribution in [2.24, 2.45) is 17.3 Å². The van der Waals surface area contributed by atoms with Crippen LogP contribution in [0.15, 0.2) is 24.4 Å². The maximum atomic E-state index is 4.54. The number of nitrogens with one attached hydrogen (secondary N) is 1. The topological polar surface area (TPSA) is 24.9 Å². The molecule has 1 N–H and O–H groups in total. The van der Waals surface area contributed by atoms with Crippen molar-refractivity contribution in [3.8, 4) is 0 Å². The van der Waals surface area contributed by atoms with Gasteiger partial charge in [-0.1, -0.05) is 19.9 Å². The Morgan fingerprint density at radius 1 is 1.24 bits per heavy atom. The van der Waals surface area contributed by atoms with Crippen molar-refractivity contribution in [1.29, 1.82) is 0 Å². The average Bonchev–Trinajstić information content (AvgIpc) is 2.37. The highest BCUT2D eigenvalue weighted by atomic mass is 14.9. The van der Waals surface area contributed by atoms with Crippen LogP contribution in [-0.2, 0) is 6.42 Å². The first-order valence-electron chi connectivity index (χ1n) is 8.40. The summed E-state index contributed by atoms with van der Waals surface area (Å²) >= 11 is 0. The minimum absolute atomic E-state index is 0.211. The summed E-state index contributed by atoms with van der Waals surface area (Å²) in [6.45, 7) is 12.8. The van der Waals surface area contributed by atoms with Crippen LogP contribution in [0, 0.1) is 17.3 Å². The molecule has 2 rings (SSSR count). The van der Waals surface area contributed by atoms with Crippen LogP contribution < -0.4 is 5.32 Å². The van der Waals surface area contributed by atoms with Gasteiger partial charge in [-0.15, -0.1) is 0 Å². The third-order valence-corrected chi connectivity index (χ3v) is 4.77. The molecule has 0 saturated heterocycles. The summed E-state index contributed by atoms with van der Waals surface area (Å²) in [6.07, 6.45) is 7.06. The SMILES string of the molecule is CC1(C)CCC(CNC(C)(C)C)C(Cc2ccccn2)C1. The summed E-state index contributed by atoms with van der Waals surface area (Å²) in [7, 11) is 0. The summed E-state index contributed by atoms with van der Waals surface area (Å²) in [5.74, 6) is 1.53. The van der Waals surface area contributed by atoms with Crippen molar-refractivity contribution in [3.63, 3.8) is 0 Å². The highest BCUT2D eigenvalue weighted by molar-refractivity contribution is 5.05. The zero-order chi connectivity index (χ0) is 15.5. The first-order chi connectivity index (χ1) is 9.75. The lowest BCUT2D eigenvalue weighted by molar-refractivity contribution is 0.110. The molecule has 0 aliphatic heterocycles. The van der Waals surface area contributed by atoms with Gasteiger partial charge < -0.3 is 5.32 Å². The molecule has 21 heavy (non-hydrogen) atoms. The predicted octanol–water partition coefficient (Wildman–Crippen LogP) is 4.45. The Kier molecular flexibility index (Phi) is 5.08. The highest BCUT2D eigenvalue weighted by Crippen LogP contribution is 2.42. The standard InChI is InChI=1S/C19H32N2/c1-18(2,3)21-14-15-9-10-19(4,5)13-16(15)12-17-8-6-7-11-20-17/h6-8,11,15-16,21H,9-10,12-14H2,1-5H3. The van der Waals surface area contributed by atoms with Gasteiger partial charge in [0.2, 0.25) is 0 Å². The van der Waals surface area contributed by atoms with E-state index >= 15 is 0 Å². The van der Waals surface area contributed by atoms with E-state index in [0.29, 0.717) is 5.41 Å². The third kappa shape index (κ3) is 5.43. The molecule has 1 fully saturated rings. The van der Waals surface area contributed by atoms with Gasteiger partial charge in [0, 0.05) is 17.4 Å². The van der Waals surface area contributed by atoms with Gasteiger partial charge in [-0.3, -0.25) is 4.98 Å². The van der Waals surface area contributed by atoms with Crippen LogP contribution in [0.3, 0.4) is 0 Å². The Balaban J connectivity index is 2.03. The molecule has 0 bridgehead atoms. The monoisotopic (exact) mass is 288 g/mol. The van der Waals surface area contributed by atoms with E-state index in [4.69, 9.17) is 0 Å². The maximum absolute atomic E-state index is 4.54. The van der Waals surface area contributed by atoms with E-state index in [-0.39, 0.29) is 5.54 Å². The maximum Gasteiger partial charge on any atom is 0.0406 e. The lowest BCUT2D eigenvalue weighted by Crippen LogP contribution is -2.43. The summed E-state index contributed by atoms with van der Waals surface area (Å²) < 4.78 is 0. The molecule has 2 heteroatoms. The minimum Gasteiger partial charge on any atom is -0.312 e. The Morgan fingerprint density at radius 3 is 2.62 bits per heavy atom. The first-order valence-corrected chi connectivity index (χ1v) is 8.40. The van der Waals surface area contributed by atoms with E-state index in [1.807, 2.05) is 12.3 Å². The largest absolute Gasteiger partial charge is 0.312 e. The molecule has 0 radical (unpaired) electrons. The van der Waals surface area contributed by atoms with Gasteiger partial charge in [-0.2, -0.15) is 0 Å². The van der Waals surface area contributed by atoms with Crippen LogP contribution in [0.4, 0.5) is 0 Å². The van der Waals surface area contributed by atoms with E-state index in [1.54, 1.807) is 0 Å². The molecule has 0 amide bonds. The van der Waals surface area contributed by atoms with Crippen molar-refractivity contribution in [2.45, 2.75) is 65.8 Å². The summed E-state index contributed by atoms with van der Waals surface area (Å²) in [4.78, 5) is 4.54. The molecule has 1 aromatic heterocycles. The fourth-order valence-corrected chi connectivity index (χ4v) is 3.52. The van der Waals surface area contributed by atoms with E-state index in [0.717, 1.165) is 24.8 Å². The normalized spacial score (nSPS) is 25.8. The van der Waals surface area contributed by atoms with Gasteiger partial charge in [0.05, 0.1) is 0 Å². The zero-order valence-electron chi connectivity index (χ0n) is 14.4. The summed E-state index contributed by atoms with van der Waals surface area (Å²) in [5, 5.41) is 3.71. The molecule has 1 heterocycles. The summed E-state index contributed by atoms with van der Waals surface area (Å²) in [6, 6.07) is 6.29. The second-order valence-electron chi connectivity index (χ2n) is 8.58. The van der Waals surface area contributed by atoms with Gasteiger partial charge >= 0.3 is 0 Å². The Morgan fingerprint density at radius 2 is 2.00 bits per heavy atom. The van der Waals surface area contributed by atoms with Crippen LogP contribution in [0.25, 0.3) is 0 Å². The van der Waals surface area contributed by atoms with Crippen LogP contribution >= 0.6 is 0 Å². The van der Waals surface area contributed by atoms with Crippen molar-refractivity contribution >= 4 is 0 Å². The van der Waals surface area contributed by atoms with Crippen LogP contribution in [-0.4, -0.2) is 17.1 Å². The summed E-state index contributed by atoms with van der Waals surface area (Å²) in [5.41, 5.74) is 1.95. The molecule has 118 valence electrons. The van der Waals surface area contributed by atoms with Gasteiger partial charge in [0.1, 0.15) is 0 Å². The molecular weight excluding hydrogens is 256 g/mol. The molecular formula is C19H32N2. The van der Waals surface area contributed by atoms with Crippen molar-refractivity contribution in [1.82, 2.24) is 10.3 Å². The molecule has 1 aliphatic rings. The lowest BCUT2D eigenvalue weighted by atomic mass is 9.66. The third-order valence-electron chi connectivity index (χ3n) is 4.77. The van der Waals surface area contributed by atoms with Gasteiger partial charge in [0.15, 0.2) is 0 Å². The molecule has 0 aromatic carbocycles. The van der Waals surface area contributed by atoms with Crippen LogP contribution in [0.5, 0.6) is 0 Å². The highest BCUT2D eigenvalue weighted by Gasteiger charge is 2.35. The molecule has 2 unspecified atom stereocenters. The lowest BCUT2D eigenvalue weighted by Gasteiger charge is -2.42. The molecule has 0 spiro atoms. The second kappa shape index (κ2) is 6.48. The van der Waals surface area contributed by atoms with Crippen molar-refractivity contribution in [3.05, 3.63) is 30.1 Å². The molecule has 2 nitrogen and oxygen atoms in total. The van der Waals surface area contributed by atoms with E-state index in [9.17, 15) is 0 Å². The Bertz CT molecular complexity index is 431. The fraction of sp³-hybridized carbons (Fsp3) is 0.737. The van der Waals surface area contributed by atoms with Gasteiger partial charge in [-0.05, 0) is 82.4 Å². The van der Waals surface area contributed by atoms with Gasteiger partial charge in [-0.25, -0.2) is 0 Å². The Hall–Kier alpha value is -0.890. The number of hydrogen-bond donors (Lipinski definition) is 1. The number of aromatic nitrogens is 1. The quantitative estimate of drug-likeness (QED) is 0.885. The van der Waals surface area contributed by atoms with Crippen LogP contribution in [0.1, 0.15) is 59.6 Å². The number of pyridine rings is 1. The number of rotatable bonds is 4. The van der Waals surface area contributed by atoms with Gasteiger partial charge in [0.25, 0.3) is 0 Å². The Labute approximate surface area is 130 Å². The second-order valence-corrected chi connectivity index (χ2v) is 8.58. The molecule has 1 aliphatic carbocycles. The minimum atomic E-state index is 0.211. The molecule has 1 saturated carbocycles. The van der Waals surface area contributed by atoms with Crippen LogP contribution in [0.2, 0.25) is 0 Å². The van der Waals surface area contributed by atoms with E-state index in [2.05, 4.69) is 57.1 Å². The smallest absolute Gasteiger partial charge is 0.0406 e. The fourth-order valence-electron chi connectivity index (χ4n) is 3.52. The molecule has 1 aromatic rings. The van der Waals surface area contributed by atoms with Crippen molar-refractivity contribution in [2.75, 3.05) is 6.54 Å². The molecule has 2 atom stereocenters. The first kappa shape index (κ1) is 16.5. The zero-order valence-corrected chi connectivity index (χ0v) is 14.4. The predicted molar refractivity (Wildman–Crippen MR) is 90.3 cm³/mol. The van der Waals surface area contributed by atoms with Crippen molar-refractivity contribution < 1.29 is 0 Å². The van der Waals surface area contributed by atoms with E-state index in [1.165, 1.54) is 25.0 Å². The van der Waals surface area contributed by atoms with E-state index < -0.39 is 0 Å². The number of hydrogen-bond acceptors (Lipinski definition) is 2.